The van der Waals surface area contributed by atoms with Crippen LogP contribution in [0.25, 0.3) is 0 Å². The molecule has 0 aliphatic heterocycles. The van der Waals surface area contributed by atoms with Crippen LogP contribution in [0.4, 0.5) is 0 Å². The molecule has 0 aromatic rings. The monoisotopic (exact) mass is 147 g/mol. The average Bonchev–Trinajstić information content (AvgIpc) is 2.06. The first-order valence-corrected chi connectivity index (χ1v) is 4.15. The molecule has 0 bridgehead atoms. The van der Waals surface area contributed by atoms with Crippen molar-refractivity contribution in [2.24, 2.45) is 17.6 Å². The van der Waals surface area contributed by atoms with Gasteiger partial charge >= 0.3 is 0 Å². The highest BCUT2D eigenvalue weighted by molar-refractivity contribution is 5.21. The van der Waals surface area contributed by atoms with Crippen LogP contribution in [0.2, 0.25) is 0 Å². The highest BCUT2D eigenvalue weighted by atomic mass is 14.6. The third-order valence-electron chi connectivity index (χ3n) is 2.51. The van der Waals surface area contributed by atoms with Crippen molar-refractivity contribution in [3.8, 4) is 0 Å². The van der Waals surface area contributed by atoms with Gasteiger partial charge in [0.15, 0.2) is 0 Å². The van der Waals surface area contributed by atoms with E-state index < -0.39 is 0 Å². The van der Waals surface area contributed by atoms with Crippen LogP contribution >= 0.6 is 0 Å². The largest absolute Gasteiger partial charge is 0.324 e. The van der Waals surface area contributed by atoms with E-state index in [1.54, 1.807) is 0 Å². The van der Waals surface area contributed by atoms with Crippen molar-refractivity contribution in [1.82, 2.24) is 0 Å². The van der Waals surface area contributed by atoms with Crippen molar-refractivity contribution in [1.29, 1.82) is 0 Å². The van der Waals surface area contributed by atoms with Gasteiger partial charge in [-0.05, 0) is 12.3 Å². The first kappa shape index (κ1) is 6.86. The van der Waals surface area contributed by atoms with Gasteiger partial charge in [0.2, 0.25) is 0 Å². The molecule has 0 fully saturated rings. The lowest BCUT2D eigenvalue weighted by Crippen LogP contribution is -2.34. The molecule has 58 valence electrons. The quantitative estimate of drug-likeness (QED) is 0.518. The summed E-state index contributed by atoms with van der Waals surface area (Å²) >= 11 is 0. The van der Waals surface area contributed by atoms with Crippen LogP contribution in [0.15, 0.2) is 36.5 Å². The molecule has 2 aliphatic carbocycles. The highest BCUT2D eigenvalue weighted by Crippen LogP contribution is 2.29. The molecule has 0 radical (unpaired) electrons. The fourth-order valence-corrected chi connectivity index (χ4v) is 1.84. The van der Waals surface area contributed by atoms with E-state index in [-0.39, 0.29) is 6.04 Å². The summed E-state index contributed by atoms with van der Waals surface area (Å²) in [6.07, 6.45) is 14.2. The predicted molar refractivity (Wildman–Crippen MR) is 47.0 cm³/mol. The molecule has 0 saturated carbocycles. The van der Waals surface area contributed by atoms with E-state index in [4.69, 9.17) is 5.73 Å². The maximum Gasteiger partial charge on any atom is 0.0293 e. The molecule has 1 nitrogen and oxygen atoms in total. The van der Waals surface area contributed by atoms with Gasteiger partial charge in [-0.1, -0.05) is 36.5 Å². The van der Waals surface area contributed by atoms with Crippen LogP contribution in [-0.4, -0.2) is 6.04 Å². The molecule has 2 rings (SSSR count). The van der Waals surface area contributed by atoms with E-state index >= 15 is 0 Å². The van der Waals surface area contributed by atoms with E-state index in [1.165, 1.54) is 0 Å². The second kappa shape index (κ2) is 2.67. The van der Waals surface area contributed by atoms with Crippen LogP contribution in [0.1, 0.15) is 6.42 Å². The Labute approximate surface area is 67.3 Å². The third kappa shape index (κ3) is 1.16. The topological polar surface area (TPSA) is 26.0 Å². The van der Waals surface area contributed by atoms with E-state index in [1.807, 2.05) is 0 Å². The zero-order chi connectivity index (χ0) is 7.68. The summed E-state index contributed by atoms with van der Waals surface area (Å²) in [4.78, 5) is 0. The smallest absolute Gasteiger partial charge is 0.0293 e. The van der Waals surface area contributed by atoms with Crippen molar-refractivity contribution in [2.45, 2.75) is 12.5 Å². The van der Waals surface area contributed by atoms with Gasteiger partial charge in [0.1, 0.15) is 0 Å². The normalized spacial score (nSPS) is 40.6. The van der Waals surface area contributed by atoms with Gasteiger partial charge in [-0.2, -0.15) is 0 Å². The van der Waals surface area contributed by atoms with Crippen molar-refractivity contribution >= 4 is 0 Å². The molecule has 3 atom stereocenters. The lowest BCUT2D eigenvalue weighted by molar-refractivity contribution is 0.416. The average molecular weight is 147 g/mol. The Balaban J connectivity index is 2.23. The second-order valence-electron chi connectivity index (χ2n) is 3.25. The fourth-order valence-electron chi connectivity index (χ4n) is 1.84. The van der Waals surface area contributed by atoms with E-state index in [9.17, 15) is 0 Å². The van der Waals surface area contributed by atoms with Gasteiger partial charge < -0.3 is 5.73 Å². The van der Waals surface area contributed by atoms with Crippen molar-refractivity contribution < 1.29 is 0 Å². The van der Waals surface area contributed by atoms with Crippen LogP contribution in [0.5, 0.6) is 0 Å². The van der Waals surface area contributed by atoms with E-state index in [0.717, 1.165) is 6.42 Å². The van der Waals surface area contributed by atoms with Gasteiger partial charge in [-0.3, -0.25) is 0 Å². The van der Waals surface area contributed by atoms with Gasteiger partial charge in [0.05, 0.1) is 0 Å². The molecule has 0 aromatic carbocycles. The Morgan fingerprint density at radius 1 is 1.09 bits per heavy atom. The molecule has 0 heterocycles. The second-order valence-corrected chi connectivity index (χ2v) is 3.25. The number of allylic oxidation sites excluding steroid dienone is 4. The maximum absolute atomic E-state index is 5.92. The van der Waals surface area contributed by atoms with Gasteiger partial charge in [0, 0.05) is 12.0 Å². The summed E-state index contributed by atoms with van der Waals surface area (Å²) < 4.78 is 0. The molecule has 0 amide bonds. The molecule has 3 unspecified atom stereocenters. The summed E-state index contributed by atoms with van der Waals surface area (Å²) in [5, 5.41) is 0. The molecule has 11 heavy (non-hydrogen) atoms. The first-order valence-electron chi connectivity index (χ1n) is 4.15. The molecule has 2 aliphatic rings. The minimum atomic E-state index is 0.231. The molecule has 0 saturated heterocycles. The standard InChI is InChI=1S/C10H13N/c11-10-7-3-5-8-4-1-2-6-9(8)10/h1-4,6-10H,5,11H2. The summed E-state index contributed by atoms with van der Waals surface area (Å²) in [6, 6.07) is 0.231. The number of fused-ring (bicyclic) bond motifs is 1. The Bertz CT molecular complexity index is 225. The van der Waals surface area contributed by atoms with Crippen LogP contribution in [0.3, 0.4) is 0 Å². The summed E-state index contributed by atoms with van der Waals surface area (Å²) in [5.41, 5.74) is 5.92. The summed E-state index contributed by atoms with van der Waals surface area (Å²) in [7, 11) is 0. The van der Waals surface area contributed by atoms with Gasteiger partial charge in [-0.15, -0.1) is 0 Å². The first-order chi connectivity index (χ1) is 5.38. The zero-order valence-corrected chi connectivity index (χ0v) is 6.48. The minimum Gasteiger partial charge on any atom is -0.324 e. The predicted octanol–water partition coefficient (Wildman–Crippen LogP) is 1.63. The summed E-state index contributed by atoms with van der Waals surface area (Å²) in [5.74, 6) is 1.20. The van der Waals surface area contributed by atoms with Crippen molar-refractivity contribution in [2.75, 3.05) is 0 Å². The number of hydrogen-bond acceptors (Lipinski definition) is 1. The zero-order valence-electron chi connectivity index (χ0n) is 6.48. The van der Waals surface area contributed by atoms with Crippen molar-refractivity contribution in [3.63, 3.8) is 0 Å². The molecular weight excluding hydrogens is 134 g/mol. The molecule has 1 heteroatoms. The highest BCUT2D eigenvalue weighted by Gasteiger charge is 2.24. The number of hydrogen-bond donors (Lipinski definition) is 1. The fraction of sp³-hybridized carbons (Fsp3) is 0.400. The van der Waals surface area contributed by atoms with Crippen LogP contribution in [0, 0.1) is 11.8 Å². The maximum atomic E-state index is 5.92. The Hall–Kier alpha value is -0.820. The summed E-state index contributed by atoms with van der Waals surface area (Å²) in [6.45, 7) is 0. The van der Waals surface area contributed by atoms with Crippen LogP contribution < -0.4 is 5.73 Å². The lowest BCUT2D eigenvalue weighted by Gasteiger charge is -2.30. The third-order valence-corrected chi connectivity index (χ3v) is 2.51. The van der Waals surface area contributed by atoms with Crippen LogP contribution in [-0.2, 0) is 0 Å². The number of rotatable bonds is 0. The minimum absolute atomic E-state index is 0.231. The van der Waals surface area contributed by atoms with Crippen molar-refractivity contribution in [3.05, 3.63) is 36.5 Å². The Morgan fingerprint density at radius 2 is 1.91 bits per heavy atom. The Morgan fingerprint density at radius 3 is 2.73 bits per heavy atom. The lowest BCUT2D eigenvalue weighted by atomic mass is 9.78. The molecular formula is C10H13N. The molecule has 0 spiro atoms. The van der Waals surface area contributed by atoms with Gasteiger partial charge in [-0.25, -0.2) is 0 Å². The SMILES string of the molecule is NC1C=CCC2C=CC=CC12. The van der Waals surface area contributed by atoms with Gasteiger partial charge in [0.25, 0.3) is 0 Å². The number of nitrogens with two attached hydrogens (primary N) is 1. The van der Waals surface area contributed by atoms with E-state index in [0.29, 0.717) is 11.8 Å². The molecule has 2 N–H and O–H groups in total. The molecule has 0 aromatic heterocycles. The Kier molecular flexibility index (Phi) is 1.66. The van der Waals surface area contributed by atoms with E-state index in [2.05, 4.69) is 36.5 Å².